The third-order valence-corrected chi connectivity index (χ3v) is 4.70. The average Bonchev–Trinajstić information content (AvgIpc) is 2.68. The monoisotopic (exact) mass is 352 g/mol. The van der Waals surface area contributed by atoms with Crippen LogP contribution in [0.2, 0.25) is 0 Å². The molecule has 2 aromatic rings. The van der Waals surface area contributed by atoms with Crippen LogP contribution in [-0.2, 0) is 0 Å². The highest BCUT2D eigenvalue weighted by Crippen LogP contribution is 2.18. The maximum atomic E-state index is 12.4. The third-order valence-electron chi connectivity index (χ3n) is 4.70. The SMILES string of the molecule is CCCCCCCCCC(C)Oc1ccc(C(=O)c2ccccc2)cc1. The lowest BCUT2D eigenvalue weighted by molar-refractivity contribution is 0.103. The number of hydrogen-bond acceptors (Lipinski definition) is 2. The smallest absolute Gasteiger partial charge is 0.193 e. The second-order valence-corrected chi connectivity index (χ2v) is 7.06. The lowest BCUT2D eigenvalue weighted by Crippen LogP contribution is -2.11. The molecule has 1 unspecified atom stereocenters. The zero-order chi connectivity index (χ0) is 18.6. The molecule has 0 aliphatic rings. The van der Waals surface area contributed by atoms with Crippen molar-refractivity contribution < 1.29 is 9.53 Å². The van der Waals surface area contributed by atoms with E-state index in [0.29, 0.717) is 11.1 Å². The van der Waals surface area contributed by atoms with Gasteiger partial charge in [-0.15, -0.1) is 0 Å². The molecule has 0 N–H and O–H groups in total. The predicted octanol–water partition coefficient (Wildman–Crippen LogP) is 6.83. The van der Waals surface area contributed by atoms with Crippen LogP contribution in [0.1, 0.15) is 81.1 Å². The Hall–Kier alpha value is -2.09. The van der Waals surface area contributed by atoms with Crippen molar-refractivity contribution in [2.24, 2.45) is 0 Å². The molecule has 2 rings (SSSR count). The first-order valence-corrected chi connectivity index (χ1v) is 10.1. The van der Waals surface area contributed by atoms with Crippen molar-refractivity contribution >= 4 is 5.78 Å². The highest BCUT2D eigenvalue weighted by atomic mass is 16.5. The van der Waals surface area contributed by atoms with Crippen LogP contribution in [0.25, 0.3) is 0 Å². The van der Waals surface area contributed by atoms with Gasteiger partial charge in [-0.2, -0.15) is 0 Å². The Morgan fingerprint density at radius 1 is 0.808 bits per heavy atom. The van der Waals surface area contributed by atoms with Gasteiger partial charge in [0.25, 0.3) is 0 Å². The zero-order valence-corrected chi connectivity index (χ0v) is 16.2. The molecule has 26 heavy (non-hydrogen) atoms. The minimum atomic E-state index is 0.0493. The number of benzene rings is 2. The van der Waals surface area contributed by atoms with E-state index in [1.54, 1.807) is 0 Å². The lowest BCUT2D eigenvalue weighted by atomic mass is 10.0. The zero-order valence-electron chi connectivity index (χ0n) is 16.2. The number of unbranched alkanes of at least 4 members (excludes halogenated alkanes) is 6. The van der Waals surface area contributed by atoms with E-state index in [4.69, 9.17) is 4.74 Å². The second-order valence-electron chi connectivity index (χ2n) is 7.06. The molecule has 0 heterocycles. The largest absolute Gasteiger partial charge is 0.491 e. The molecule has 0 aliphatic heterocycles. The summed E-state index contributed by atoms with van der Waals surface area (Å²) in [7, 11) is 0. The first-order valence-electron chi connectivity index (χ1n) is 10.1. The Bertz CT molecular complexity index is 631. The Morgan fingerprint density at radius 3 is 2.04 bits per heavy atom. The van der Waals surface area contributed by atoms with Gasteiger partial charge in [-0.05, 0) is 44.0 Å². The van der Waals surface area contributed by atoms with E-state index in [2.05, 4.69) is 13.8 Å². The number of carbonyl (C=O) groups is 1. The van der Waals surface area contributed by atoms with Crippen LogP contribution in [-0.4, -0.2) is 11.9 Å². The molecule has 0 aliphatic carbocycles. The lowest BCUT2D eigenvalue weighted by Gasteiger charge is -2.15. The van der Waals surface area contributed by atoms with Gasteiger partial charge < -0.3 is 4.74 Å². The fraction of sp³-hybridized carbons (Fsp3) is 0.458. The van der Waals surface area contributed by atoms with Gasteiger partial charge in [0, 0.05) is 11.1 Å². The Labute approximate surface area is 158 Å². The van der Waals surface area contributed by atoms with E-state index in [9.17, 15) is 4.79 Å². The van der Waals surface area contributed by atoms with Gasteiger partial charge >= 0.3 is 0 Å². The van der Waals surface area contributed by atoms with Crippen LogP contribution in [0.4, 0.5) is 0 Å². The predicted molar refractivity (Wildman–Crippen MR) is 109 cm³/mol. The highest BCUT2D eigenvalue weighted by Gasteiger charge is 2.09. The van der Waals surface area contributed by atoms with E-state index < -0.39 is 0 Å². The molecular weight excluding hydrogens is 320 g/mol. The third kappa shape index (κ3) is 7.03. The summed E-state index contributed by atoms with van der Waals surface area (Å²) < 4.78 is 5.99. The van der Waals surface area contributed by atoms with Crippen LogP contribution < -0.4 is 4.74 Å². The molecule has 0 fully saturated rings. The van der Waals surface area contributed by atoms with Crippen LogP contribution in [0.15, 0.2) is 54.6 Å². The number of carbonyl (C=O) groups excluding carboxylic acids is 1. The standard InChI is InChI=1S/C24H32O2/c1-3-4-5-6-7-8-10-13-20(2)26-23-18-16-22(17-19-23)24(25)21-14-11-9-12-15-21/h9,11-12,14-20H,3-8,10,13H2,1-2H3. The van der Waals surface area contributed by atoms with Gasteiger partial charge in [-0.1, -0.05) is 75.8 Å². The van der Waals surface area contributed by atoms with Crippen molar-refractivity contribution in [1.29, 1.82) is 0 Å². The number of hydrogen-bond donors (Lipinski definition) is 0. The van der Waals surface area contributed by atoms with E-state index in [1.807, 2.05) is 54.6 Å². The average molecular weight is 353 g/mol. The second kappa shape index (κ2) is 11.5. The minimum absolute atomic E-state index is 0.0493. The first-order chi connectivity index (χ1) is 12.7. The fourth-order valence-corrected chi connectivity index (χ4v) is 3.12. The topological polar surface area (TPSA) is 26.3 Å². The normalized spacial score (nSPS) is 11.9. The summed E-state index contributed by atoms with van der Waals surface area (Å²) in [5.41, 5.74) is 1.41. The fourth-order valence-electron chi connectivity index (χ4n) is 3.12. The molecule has 1 atom stereocenters. The van der Waals surface area contributed by atoms with E-state index in [0.717, 1.165) is 12.2 Å². The Balaban J connectivity index is 1.72. The summed E-state index contributed by atoms with van der Waals surface area (Å²) in [5.74, 6) is 0.887. The molecule has 0 bridgehead atoms. The maximum absolute atomic E-state index is 12.4. The molecule has 0 saturated heterocycles. The molecule has 2 aromatic carbocycles. The van der Waals surface area contributed by atoms with Gasteiger partial charge in [-0.25, -0.2) is 0 Å². The van der Waals surface area contributed by atoms with Crippen molar-refractivity contribution in [1.82, 2.24) is 0 Å². The summed E-state index contributed by atoms with van der Waals surface area (Å²) in [6.45, 7) is 4.38. The molecule has 140 valence electrons. The van der Waals surface area contributed by atoms with E-state index in [-0.39, 0.29) is 11.9 Å². The van der Waals surface area contributed by atoms with Gasteiger partial charge in [0.05, 0.1) is 6.10 Å². The molecule has 0 spiro atoms. The van der Waals surface area contributed by atoms with Crippen LogP contribution in [0, 0.1) is 0 Å². The Kier molecular flexibility index (Phi) is 8.95. The Morgan fingerprint density at radius 2 is 1.38 bits per heavy atom. The quantitative estimate of drug-likeness (QED) is 0.309. The summed E-state index contributed by atoms with van der Waals surface area (Å²) in [6.07, 6.45) is 10.5. The van der Waals surface area contributed by atoms with Crippen LogP contribution >= 0.6 is 0 Å². The maximum Gasteiger partial charge on any atom is 0.193 e. The van der Waals surface area contributed by atoms with Crippen LogP contribution in [0.3, 0.4) is 0 Å². The molecule has 0 saturated carbocycles. The molecule has 2 heteroatoms. The van der Waals surface area contributed by atoms with Crippen molar-refractivity contribution in [3.05, 3.63) is 65.7 Å². The molecule has 0 aromatic heterocycles. The number of ether oxygens (including phenoxy) is 1. The van der Waals surface area contributed by atoms with E-state index >= 15 is 0 Å². The minimum Gasteiger partial charge on any atom is -0.491 e. The molecule has 0 amide bonds. The summed E-state index contributed by atoms with van der Waals surface area (Å²) in [6, 6.07) is 16.9. The highest BCUT2D eigenvalue weighted by molar-refractivity contribution is 6.08. The molecule has 0 radical (unpaired) electrons. The van der Waals surface area contributed by atoms with Gasteiger partial charge in [0.2, 0.25) is 0 Å². The van der Waals surface area contributed by atoms with Gasteiger partial charge in [0.1, 0.15) is 5.75 Å². The summed E-state index contributed by atoms with van der Waals surface area (Å²) in [5, 5.41) is 0. The first kappa shape index (κ1) is 20.2. The molecular formula is C24H32O2. The number of rotatable bonds is 12. The van der Waals surface area contributed by atoms with Crippen LogP contribution in [0.5, 0.6) is 5.75 Å². The van der Waals surface area contributed by atoms with Crippen molar-refractivity contribution in [2.75, 3.05) is 0 Å². The van der Waals surface area contributed by atoms with Crippen molar-refractivity contribution in [2.45, 2.75) is 71.3 Å². The number of ketones is 1. The van der Waals surface area contributed by atoms with Crippen molar-refractivity contribution in [3.63, 3.8) is 0 Å². The summed E-state index contributed by atoms with van der Waals surface area (Å²) in [4.78, 5) is 12.4. The van der Waals surface area contributed by atoms with E-state index in [1.165, 1.54) is 44.9 Å². The van der Waals surface area contributed by atoms with Gasteiger partial charge in [0.15, 0.2) is 5.78 Å². The van der Waals surface area contributed by atoms with Crippen molar-refractivity contribution in [3.8, 4) is 5.75 Å². The molecule has 2 nitrogen and oxygen atoms in total. The van der Waals surface area contributed by atoms with Gasteiger partial charge in [-0.3, -0.25) is 4.79 Å². The summed E-state index contributed by atoms with van der Waals surface area (Å²) >= 11 is 0.